The van der Waals surface area contributed by atoms with Crippen molar-refractivity contribution in [2.24, 2.45) is 0 Å². The van der Waals surface area contributed by atoms with Gasteiger partial charge in [0, 0.05) is 11.3 Å². The van der Waals surface area contributed by atoms with E-state index in [1.165, 1.54) is 6.92 Å². The summed E-state index contributed by atoms with van der Waals surface area (Å²) in [6, 6.07) is 7.58. The lowest BCUT2D eigenvalue weighted by Crippen LogP contribution is -2.17. The molecule has 1 aromatic carbocycles. The zero-order valence-electron chi connectivity index (χ0n) is 10.6. The maximum absolute atomic E-state index is 11.7. The average molecular weight is 242 g/mol. The van der Waals surface area contributed by atoms with E-state index in [9.17, 15) is 9.59 Å². The highest BCUT2D eigenvalue weighted by Gasteiger charge is 2.15. The number of nitrogens with one attached hydrogen (secondary N) is 1. The normalized spacial score (nSPS) is 10.4. The number of aromatic amines is 1. The van der Waals surface area contributed by atoms with Crippen LogP contribution in [0.25, 0.3) is 11.3 Å². The lowest BCUT2D eigenvalue weighted by Gasteiger charge is -2.08. The van der Waals surface area contributed by atoms with Crippen molar-refractivity contribution >= 4 is 5.78 Å². The summed E-state index contributed by atoms with van der Waals surface area (Å²) in [5.74, 6) is -0.105. The van der Waals surface area contributed by atoms with Gasteiger partial charge in [-0.05, 0) is 20.8 Å². The summed E-state index contributed by atoms with van der Waals surface area (Å²) in [5.41, 5.74) is 2.93. The van der Waals surface area contributed by atoms with E-state index in [0.717, 1.165) is 11.1 Å². The first kappa shape index (κ1) is 12.2. The Morgan fingerprint density at radius 2 is 1.78 bits per heavy atom. The fourth-order valence-corrected chi connectivity index (χ4v) is 1.94. The minimum absolute atomic E-state index is 0.105. The molecule has 4 nitrogen and oxygen atoms in total. The fourth-order valence-electron chi connectivity index (χ4n) is 1.94. The first-order valence-electron chi connectivity index (χ1n) is 5.68. The van der Waals surface area contributed by atoms with E-state index in [1.54, 1.807) is 6.92 Å². The van der Waals surface area contributed by atoms with Crippen LogP contribution in [0.4, 0.5) is 0 Å². The molecule has 0 aliphatic rings. The van der Waals surface area contributed by atoms with Crippen LogP contribution in [0.1, 0.15) is 28.5 Å². The highest BCUT2D eigenvalue weighted by Crippen LogP contribution is 2.22. The van der Waals surface area contributed by atoms with Crippen molar-refractivity contribution in [1.82, 2.24) is 9.97 Å². The van der Waals surface area contributed by atoms with Crippen LogP contribution in [0, 0.1) is 13.8 Å². The summed E-state index contributed by atoms with van der Waals surface area (Å²) in [4.78, 5) is 29.6. The van der Waals surface area contributed by atoms with E-state index in [4.69, 9.17) is 0 Å². The third kappa shape index (κ3) is 2.22. The Hall–Kier alpha value is -2.23. The van der Waals surface area contributed by atoms with Gasteiger partial charge in [0.05, 0.1) is 11.3 Å². The second kappa shape index (κ2) is 4.56. The van der Waals surface area contributed by atoms with Gasteiger partial charge in [-0.1, -0.05) is 29.8 Å². The summed E-state index contributed by atoms with van der Waals surface area (Å²) in [5, 5.41) is 0. The summed E-state index contributed by atoms with van der Waals surface area (Å²) in [7, 11) is 0. The molecule has 1 heterocycles. The van der Waals surface area contributed by atoms with Crippen LogP contribution in [0.15, 0.2) is 29.1 Å². The minimum Gasteiger partial charge on any atom is -0.309 e. The van der Waals surface area contributed by atoms with Gasteiger partial charge in [0.2, 0.25) is 0 Å². The lowest BCUT2D eigenvalue weighted by atomic mass is 10.0. The standard InChI is InChI=1S/C14H14N2O2/c1-8-4-6-11(7-5-8)13-12(10(3)17)9(2)15-14(18)16-13/h4-7H,1-3H3,(H,15,16,18). The number of nitrogens with zero attached hydrogens (tertiary/aromatic N) is 1. The molecule has 0 fully saturated rings. The van der Waals surface area contributed by atoms with Gasteiger partial charge < -0.3 is 4.98 Å². The Labute approximate surface area is 105 Å². The summed E-state index contributed by atoms with van der Waals surface area (Å²) < 4.78 is 0. The van der Waals surface area contributed by atoms with Crippen LogP contribution in [0.5, 0.6) is 0 Å². The summed E-state index contributed by atoms with van der Waals surface area (Å²) in [6.07, 6.45) is 0. The first-order valence-corrected chi connectivity index (χ1v) is 5.68. The number of aryl methyl sites for hydroxylation is 2. The molecular formula is C14H14N2O2. The maximum atomic E-state index is 11.7. The topological polar surface area (TPSA) is 62.8 Å². The summed E-state index contributed by atoms with van der Waals surface area (Å²) >= 11 is 0. The van der Waals surface area contributed by atoms with Crippen molar-refractivity contribution in [2.75, 3.05) is 0 Å². The number of aromatic nitrogens is 2. The number of ketones is 1. The van der Waals surface area contributed by atoms with Gasteiger partial charge in [0.25, 0.3) is 0 Å². The van der Waals surface area contributed by atoms with Crippen LogP contribution < -0.4 is 5.69 Å². The second-order valence-electron chi connectivity index (χ2n) is 4.31. The first-order chi connectivity index (χ1) is 8.49. The van der Waals surface area contributed by atoms with Crippen LogP contribution in [-0.2, 0) is 0 Å². The van der Waals surface area contributed by atoms with Gasteiger partial charge in [-0.25, -0.2) is 4.79 Å². The maximum Gasteiger partial charge on any atom is 0.345 e. The molecule has 0 saturated carbocycles. The number of carbonyl (C=O) groups excluding carboxylic acids is 1. The molecule has 0 atom stereocenters. The zero-order chi connectivity index (χ0) is 13.3. The predicted molar refractivity (Wildman–Crippen MR) is 69.8 cm³/mol. The quantitative estimate of drug-likeness (QED) is 0.821. The van der Waals surface area contributed by atoms with E-state index in [1.807, 2.05) is 31.2 Å². The van der Waals surface area contributed by atoms with Crippen molar-refractivity contribution < 1.29 is 4.79 Å². The van der Waals surface area contributed by atoms with Crippen LogP contribution >= 0.6 is 0 Å². The second-order valence-corrected chi connectivity index (χ2v) is 4.31. The molecule has 2 aromatic rings. The Balaban J connectivity index is 2.73. The number of hydrogen-bond donors (Lipinski definition) is 1. The predicted octanol–water partition coefficient (Wildman–Crippen LogP) is 2.26. The van der Waals surface area contributed by atoms with Crippen molar-refractivity contribution in [2.45, 2.75) is 20.8 Å². The lowest BCUT2D eigenvalue weighted by molar-refractivity contribution is 0.101. The fraction of sp³-hybridized carbons (Fsp3) is 0.214. The minimum atomic E-state index is -0.437. The average Bonchev–Trinajstić information content (AvgIpc) is 2.28. The van der Waals surface area contributed by atoms with Gasteiger partial charge in [-0.15, -0.1) is 0 Å². The molecule has 0 bridgehead atoms. The third-order valence-electron chi connectivity index (χ3n) is 2.80. The van der Waals surface area contributed by atoms with E-state index >= 15 is 0 Å². The van der Waals surface area contributed by atoms with E-state index in [2.05, 4.69) is 9.97 Å². The van der Waals surface area contributed by atoms with Gasteiger partial charge in [0.1, 0.15) is 0 Å². The highest BCUT2D eigenvalue weighted by molar-refractivity contribution is 6.00. The molecule has 0 saturated heterocycles. The van der Waals surface area contributed by atoms with E-state index in [0.29, 0.717) is 17.0 Å². The Morgan fingerprint density at radius 1 is 1.17 bits per heavy atom. The van der Waals surface area contributed by atoms with Crippen LogP contribution in [0.3, 0.4) is 0 Å². The molecule has 1 N–H and O–H groups in total. The summed E-state index contributed by atoms with van der Waals surface area (Å²) in [6.45, 7) is 5.16. The Bertz CT molecular complexity index is 654. The molecule has 0 spiro atoms. The molecule has 0 amide bonds. The number of hydrogen-bond acceptors (Lipinski definition) is 3. The molecule has 2 rings (SSSR count). The van der Waals surface area contributed by atoms with E-state index in [-0.39, 0.29) is 5.78 Å². The third-order valence-corrected chi connectivity index (χ3v) is 2.80. The Kier molecular flexibility index (Phi) is 3.10. The molecule has 92 valence electrons. The SMILES string of the molecule is CC(=O)c1c(-c2ccc(C)cc2)nc(=O)[nH]c1C. The van der Waals surface area contributed by atoms with Crippen molar-refractivity contribution in [1.29, 1.82) is 0 Å². The van der Waals surface area contributed by atoms with Gasteiger partial charge in [-0.2, -0.15) is 4.98 Å². The van der Waals surface area contributed by atoms with Gasteiger partial charge in [-0.3, -0.25) is 4.79 Å². The monoisotopic (exact) mass is 242 g/mol. The molecule has 0 aliphatic carbocycles. The molecule has 0 aliphatic heterocycles. The zero-order valence-corrected chi connectivity index (χ0v) is 10.6. The largest absolute Gasteiger partial charge is 0.345 e. The number of Topliss-reactive ketones (excluding diaryl/α,β-unsaturated/α-hetero) is 1. The smallest absolute Gasteiger partial charge is 0.309 e. The number of benzene rings is 1. The molecule has 18 heavy (non-hydrogen) atoms. The van der Waals surface area contributed by atoms with E-state index < -0.39 is 5.69 Å². The molecule has 4 heteroatoms. The van der Waals surface area contributed by atoms with Crippen LogP contribution in [0.2, 0.25) is 0 Å². The van der Waals surface area contributed by atoms with Crippen molar-refractivity contribution in [3.8, 4) is 11.3 Å². The molecule has 1 aromatic heterocycles. The van der Waals surface area contributed by atoms with Gasteiger partial charge >= 0.3 is 5.69 Å². The highest BCUT2D eigenvalue weighted by atomic mass is 16.1. The van der Waals surface area contributed by atoms with Crippen molar-refractivity contribution in [3.63, 3.8) is 0 Å². The molecular weight excluding hydrogens is 228 g/mol. The number of carbonyl (C=O) groups is 1. The number of rotatable bonds is 2. The Morgan fingerprint density at radius 3 is 2.33 bits per heavy atom. The van der Waals surface area contributed by atoms with Crippen LogP contribution in [-0.4, -0.2) is 15.8 Å². The van der Waals surface area contributed by atoms with Crippen molar-refractivity contribution in [3.05, 3.63) is 51.6 Å². The van der Waals surface area contributed by atoms with Gasteiger partial charge in [0.15, 0.2) is 5.78 Å². The molecule has 0 unspecified atom stereocenters. The number of H-pyrrole nitrogens is 1. The molecule has 0 radical (unpaired) electrons.